The number of likely N-dealkylation sites (tertiary alicyclic amines) is 1. The second-order valence-electron chi connectivity index (χ2n) is 4.77. The molecule has 1 aliphatic rings. The third-order valence-electron chi connectivity index (χ3n) is 3.41. The Morgan fingerprint density at radius 2 is 2.47 bits per heavy atom. The van der Waals surface area contributed by atoms with Gasteiger partial charge in [-0.25, -0.2) is 4.79 Å². The number of likely N-dealkylation sites (N-methyl/N-ethyl adjacent to an activating group) is 1. The van der Waals surface area contributed by atoms with Gasteiger partial charge in [0.25, 0.3) is 0 Å². The normalized spacial score (nSPS) is 19.6. The van der Waals surface area contributed by atoms with E-state index in [2.05, 4.69) is 17.3 Å². The lowest BCUT2D eigenvalue weighted by Gasteiger charge is -2.19. The minimum Gasteiger partial charge on any atom is -0.462 e. The zero-order chi connectivity index (χ0) is 13.8. The fraction of sp³-hybridized carbons (Fsp3) is 0.615. The number of ether oxygens (including phenoxy) is 1. The fourth-order valence-electron chi connectivity index (χ4n) is 2.30. The summed E-state index contributed by atoms with van der Waals surface area (Å²) in [7, 11) is 2.15. The van der Waals surface area contributed by atoms with Crippen LogP contribution in [0.25, 0.3) is 0 Å². The van der Waals surface area contributed by atoms with Gasteiger partial charge in [-0.2, -0.15) is 0 Å². The largest absolute Gasteiger partial charge is 0.462 e. The number of nitrogen functional groups attached to an aromatic ring is 1. The number of rotatable bonds is 5. The molecule has 3 N–H and O–H groups in total. The van der Waals surface area contributed by atoms with Crippen molar-refractivity contribution in [3.63, 3.8) is 0 Å². The Morgan fingerprint density at radius 3 is 3.11 bits per heavy atom. The van der Waals surface area contributed by atoms with Crippen LogP contribution in [0.2, 0.25) is 0 Å². The highest BCUT2D eigenvalue weighted by Gasteiger charge is 2.21. The molecule has 1 unspecified atom stereocenters. The topological polar surface area (TPSA) is 67.6 Å². The van der Waals surface area contributed by atoms with Crippen molar-refractivity contribution in [3.05, 3.63) is 10.9 Å². The minimum absolute atomic E-state index is 0.337. The predicted molar refractivity (Wildman–Crippen MR) is 78.8 cm³/mol. The van der Waals surface area contributed by atoms with Crippen molar-refractivity contribution in [3.8, 4) is 0 Å². The first kappa shape index (κ1) is 14.1. The van der Waals surface area contributed by atoms with E-state index in [1.165, 1.54) is 24.2 Å². The van der Waals surface area contributed by atoms with Crippen molar-refractivity contribution in [2.45, 2.75) is 25.8 Å². The molecule has 1 aromatic heterocycles. The van der Waals surface area contributed by atoms with Crippen LogP contribution in [0.15, 0.2) is 6.07 Å². The van der Waals surface area contributed by atoms with E-state index >= 15 is 0 Å². The zero-order valence-electron chi connectivity index (χ0n) is 11.4. The summed E-state index contributed by atoms with van der Waals surface area (Å²) >= 11 is 1.36. The summed E-state index contributed by atoms with van der Waals surface area (Å²) in [5.41, 5.74) is 6.33. The summed E-state index contributed by atoms with van der Waals surface area (Å²) in [4.78, 5) is 14.5. The van der Waals surface area contributed by atoms with Gasteiger partial charge in [0.05, 0.1) is 17.3 Å². The van der Waals surface area contributed by atoms with Gasteiger partial charge in [0, 0.05) is 12.6 Å². The van der Waals surface area contributed by atoms with Crippen LogP contribution in [0.1, 0.15) is 29.4 Å². The van der Waals surface area contributed by atoms with Crippen LogP contribution in [0, 0.1) is 0 Å². The molecule has 2 rings (SSSR count). The smallest absolute Gasteiger partial charge is 0.350 e. The third kappa shape index (κ3) is 3.39. The molecule has 0 saturated carbocycles. The van der Waals surface area contributed by atoms with E-state index in [0.29, 0.717) is 23.2 Å². The number of thiophene rings is 1. The molecular weight excluding hydrogens is 262 g/mol. The highest BCUT2D eigenvalue weighted by atomic mass is 32.1. The number of hydrogen-bond acceptors (Lipinski definition) is 6. The maximum absolute atomic E-state index is 11.7. The van der Waals surface area contributed by atoms with Crippen LogP contribution >= 0.6 is 11.3 Å². The molecule has 1 aliphatic heterocycles. The summed E-state index contributed by atoms with van der Waals surface area (Å²) in [5.74, 6) is -0.337. The van der Waals surface area contributed by atoms with Gasteiger partial charge in [-0.15, -0.1) is 11.3 Å². The van der Waals surface area contributed by atoms with E-state index in [4.69, 9.17) is 10.5 Å². The molecule has 1 fully saturated rings. The molecule has 0 radical (unpaired) electrons. The van der Waals surface area contributed by atoms with Crippen molar-refractivity contribution >= 4 is 28.0 Å². The summed E-state index contributed by atoms with van der Waals surface area (Å²) in [6, 6.07) is 2.38. The first-order valence-corrected chi connectivity index (χ1v) is 7.44. The number of carbonyl (C=O) groups excluding carboxylic acids is 1. The van der Waals surface area contributed by atoms with Crippen molar-refractivity contribution in [2.75, 3.05) is 37.8 Å². The summed E-state index contributed by atoms with van der Waals surface area (Å²) in [5, 5.41) is 4.30. The number of esters is 1. The van der Waals surface area contributed by atoms with Crippen LogP contribution in [0.4, 0.5) is 10.7 Å². The van der Waals surface area contributed by atoms with E-state index < -0.39 is 0 Å². The van der Waals surface area contributed by atoms with Gasteiger partial charge in [-0.05, 0) is 39.4 Å². The molecule has 0 amide bonds. The van der Waals surface area contributed by atoms with Gasteiger partial charge in [0.15, 0.2) is 0 Å². The Labute approximate surface area is 117 Å². The van der Waals surface area contributed by atoms with Crippen LogP contribution in [0.3, 0.4) is 0 Å². The monoisotopic (exact) mass is 283 g/mol. The van der Waals surface area contributed by atoms with Gasteiger partial charge >= 0.3 is 5.97 Å². The highest BCUT2D eigenvalue weighted by Crippen LogP contribution is 2.30. The van der Waals surface area contributed by atoms with E-state index in [1.807, 2.05) is 6.07 Å². The van der Waals surface area contributed by atoms with Gasteiger partial charge in [-0.1, -0.05) is 0 Å². The Bertz CT molecular complexity index is 447. The molecule has 1 saturated heterocycles. The lowest BCUT2D eigenvalue weighted by molar-refractivity contribution is 0.0533. The second-order valence-corrected chi connectivity index (χ2v) is 5.83. The molecule has 2 heterocycles. The molecule has 6 heteroatoms. The number of nitrogens with one attached hydrogen (secondary N) is 1. The molecule has 0 aliphatic carbocycles. The number of carbonyl (C=O) groups is 1. The SMILES string of the molecule is CCOC(=O)c1sc(NCC2CCCN2C)cc1N. The maximum atomic E-state index is 11.7. The van der Waals surface area contributed by atoms with Crippen molar-refractivity contribution in [1.82, 2.24) is 4.90 Å². The van der Waals surface area contributed by atoms with Crippen molar-refractivity contribution in [1.29, 1.82) is 0 Å². The number of nitrogens with zero attached hydrogens (tertiary/aromatic N) is 1. The lowest BCUT2D eigenvalue weighted by atomic mass is 10.2. The second kappa shape index (κ2) is 6.25. The van der Waals surface area contributed by atoms with Crippen LogP contribution < -0.4 is 11.1 Å². The third-order valence-corrected chi connectivity index (χ3v) is 4.49. The first-order chi connectivity index (χ1) is 9.11. The Morgan fingerprint density at radius 1 is 1.68 bits per heavy atom. The molecule has 0 spiro atoms. The van der Waals surface area contributed by atoms with Crippen LogP contribution in [-0.4, -0.2) is 43.7 Å². The van der Waals surface area contributed by atoms with Crippen molar-refractivity contribution < 1.29 is 9.53 Å². The first-order valence-electron chi connectivity index (χ1n) is 6.62. The summed E-state index contributed by atoms with van der Waals surface area (Å²) in [6.07, 6.45) is 2.47. The molecule has 0 aromatic carbocycles. The number of nitrogens with two attached hydrogens (primary N) is 1. The summed E-state index contributed by atoms with van der Waals surface area (Å²) in [6.45, 7) is 4.20. The van der Waals surface area contributed by atoms with E-state index in [9.17, 15) is 4.79 Å². The average molecular weight is 283 g/mol. The van der Waals surface area contributed by atoms with Gasteiger partial charge in [-0.3, -0.25) is 0 Å². The predicted octanol–water partition coefficient (Wildman–Crippen LogP) is 2.01. The highest BCUT2D eigenvalue weighted by molar-refractivity contribution is 7.18. The van der Waals surface area contributed by atoms with Crippen molar-refractivity contribution in [2.24, 2.45) is 0 Å². The fourth-order valence-corrected chi connectivity index (χ4v) is 3.18. The van der Waals surface area contributed by atoms with Crippen LogP contribution in [-0.2, 0) is 4.74 Å². The molecule has 1 aromatic rings. The van der Waals surface area contributed by atoms with Crippen LogP contribution in [0.5, 0.6) is 0 Å². The molecule has 1 atom stereocenters. The Hall–Kier alpha value is -1.27. The summed E-state index contributed by atoms with van der Waals surface area (Å²) < 4.78 is 4.97. The molecule has 106 valence electrons. The number of anilines is 2. The van der Waals surface area contributed by atoms with Gasteiger partial charge in [0.1, 0.15) is 4.88 Å². The lowest BCUT2D eigenvalue weighted by Crippen LogP contribution is -2.31. The Balaban J connectivity index is 1.94. The average Bonchev–Trinajstić information content (AvgIpc) is 2.93. The molecular formula is C13H21N3O2S. The minimum atomic E-state index is -0.337. The van der Waals surface area contributed by atoms with E-state index in [0.717, 1.165) is 18.1 Å². The maximum Gasteiger partial charge on any atom is 0.350 e. The quantitative estimate of drug-likeness (QED) is 0.809. The number of hydrogen-bond donors (Lipinski definition) is 2. The molecule has 5 nitrogen and oxygen atoms in total. The standard InChI is InChI=1S/C13H21N3O2S/c1-3-18-13(17)12-10(14)7-11(19-12)15-8-9-5-4-6-16(9)2/h7,9,15H,3-6,8,14H2,1-2H3. The molecule has 0 bridgehead atoms. The van der Waals surface area contributed by atoms with E-state index in [1.54, 1.807) is 6.92 Å². The van der Waals surface area contributed by atoms with Gasteiger partial charge in [0.2, 0.25) is 0 Å². The molecule has 19 heavy (non-hydrogen) atoms. The van der Waals surface area contributed by atoms with E-state index in [-0.39, 0.29) is 5.97 Å². The zero-order valence-corrected chi connectivity index (χ0v) is 12.3. The Kier molecular flexibility index (Phi) is 4.66. The van der Waals surface area contributed by atoms with Gasteiger partial charge < -0.3 is 20.7 Å².